The van der Waals surface area contributed by atoms with Crippen LogP contribution in [0.25, 0.3) is 5.52 Å². The molecule has 1 saturated carbocycles. The van der Waals surface area contributed by atoms with Gasteiger partial charge in [-0.15, -0.1) is 0 Å². The Labute approximate surface area is 113 Å². The summed E-state index contributed by atoms with van der Waals surface area (Å²) in [5.74, 6) is -0.216. The minimum absolute atomic E-state index is 0.216. The molecule has 4 heteroatoms. The fraction of sp³-hybridized carbons (Fsp3) is 0.467. The number of hydrogen-bond donors (Lipinski definition) is 1. The molecule has 1 fully saturated rings. The first-order chi connectivity index (χ1) is 9.13. The molecule has 2 heterocycles. The Morgan fingerprint density at radius 3 is 2.58 bits per heavy atom. The second-order valence-corrected chi connectivity index (χ2v) is 4.88. The number of carbonyl (C=O) groups excluding carboxylic acids is 1. The second-order valence-electron chi connectivity index (χ2n) is 4.88. The summed E-state index contributed by atoms with van der Waals surface area (Å²) in [4.78, 5) is 11.6. The number of nitrogens with two attached hydrogens (primary N) is 1. The summed E-state index contributed by atoms with van der Waals surface area (Å²) in [6.07, 6.45) is 6.55. The molecule has 2 aromatic rings. The van der Waals surface area contributed by atoms with Crippen LogP contribution in [0, 0.1) is 6.92 Å². The molecule has 102 valence electrons. The predicted molar refractivity (Wildman–Crippen MR) is 76.0 cm³/mol. The van der Waals surface area contributed by atoms with E-state index in [2.05, 4.69) is 5.10 Å². The number of fused-ring (bicyclic) bond motifs is 1. The number of nitrogens with zero attached hydrogens (tertiary/aromatic N) is 2. The van der Waals surface area contributed by atoms with Crippen molar-refractivity contribution in [2.24, 2.45) is 5.73 Å². The Morgan fingerprint density at radius 1 is 1.37 bits per heavy atom. The van der Waals surface area contributed by atoms with E-state index in [1.54, 1.807) is 0 Å². The van der Waals surface area contributed by atoms with Crippen LogP contribution < -0.4 is 5.73 Å². The van der Waals surface area contributed by atoms with Crippen molar-refractivity contribution < 1.29 is 4.79 Å². The third kappa shape index (κ3) is 2.01. The van der Waals surface area contributed by atoms with Gasteiger partial charge in [-0.3, -0.25) is 4.79 Å². The molecule has 2 aromatic heterocycles. The van der Waals surface area contributed by atoms with Gasteiger partial charge in [0.25, 0.3) is 0 Å². The van der Waals surface area contributed by atoms with E-state index in [0.717, 1.165) is 35.9 Å². The first-order valence-corrected chi connectivity index (χ1v) is 6.88. The number of carbonyl (C=O) groups is 1. The van der Waals surface area contributed by atoms with Crippen molar-refractivity contribution in [3.63, 3.8) is 0 Å². The smallest absolute Gasteiger partial charge is 0.228 e. The summed E-state index contributed by atoms with van der Waals surface area (Å²) >= 11 is 0. The summed E-state index contributed by atoms with van der Waals surface area (Å²) in [5, 5.41) is 4.27. The monoisotopic (exact) mass is 259 g/mol. The maximum atomic E-state index is 11.6. The molecule has 0 atom stereocenters. The minimum atomic E-state index is -0.450. The van der Waals surface area contributed by atoms with Crippen LogP contribution in [0.4, 0.5) is 0 Å². The lowest BCUT2D eigenvalue weighted by Crippen LogP contribution is -2.46. The van der Waals surface area contributed by atoms with Crippen molar-refractivity contribution in [1.29, 1.82) is 0 Å². The molecule has 0 bridgehead atoms. The van der Waals surface area contributed by atoms with Gasteiger partial charge in [-0.25, -0.2) is 4.52 Å². The Bertz CT molecular complexity index is 596. The van der Waals surface area contributed by atoms with Crippen LogP contribution in [0.5, 0.6) is 0 Å². The zero-order valence-corrected chi connectivity index (χ0v) is 11.8. The fourth-order valence-corrected chi connectivity index (χ4v) is 2.60. The van der Waals surface area contributed by atoms with Crippen LogP contribution in [-0.2, 0) is 10.2 Å². The molecule has 19 heavy (non-hydrogen) atoms. The Kier molecular flexibility index (Phi) is 3.60. The van der Waals surface area contributed by atoms with Crippen molar-refractivity contribution in [3.05, 3.63) is 35.7 Å². The van der Waals surface area contributed by atoms with Crippen LogP contribution in [0.15, 0.2) is 24.5 Å². The van der Waals surface area contributed by atoms with Crippen molar-refractivity contribution in [3.8, 4) is 0 Å². The lowest BCUT2D eigenvalue weighted by Gasteiger charge is -2.39. The van der Waals surface area contributed by atoms with Crippen LogP contribution in [0.1, 0.15) is 44.2 Å². The van der Waals surface area contributed by atoms with Gasteiger partial charge >= 0.3 is 0 Å². The molecule has 0 radical (unpaired) electrons. The van der Waals surface area contributed by atoms with E-state index < -0.39 is 5.41 Å². The Hall–Kier alpha value is -1.84. The van der Waals surface area contributed by atoms with Crippen LogP contribution >= 0.6 is 0 Å². The molecule has 0 unspecified atom stereocenters. The average Bonchev–Trinajstić information content (AvgIpc) is 2.72. The third-order valence-corrected chi connectivity index (χ3v) is 3.94. The summed E-state index contributed by atoms with van der Waals surface area (Å²) in [6, 6.07) is 4.02. The molecular formula is C15H21N3O. The number of pyridine rings is 1. The first-order valence-electron chi connectivity index (χ1n) is 6.88. The largest absolute Gasteiger partial charge is 0.369 e. The van der Waals surface area contributed by atoms with Crippen molar-refractivity contribution in [2.75, 3.05) is 0 Å². The number of amides is 1. The van der Waals surface area contributed by atoms with E-state index in [9.17, 15) is 4.79 Å². The molecule has 1 aliphatic carbocycles. The lowest BCUT2D eigenvalue weighted by atomic mass is 9.64. The Balaban J connectivity index is 0.000000637. The van der Waals surface area contributed by atoms with Gasteiger partial charge in [0.15, 0.2) is 0 Å². The standard InChI is InChI=1S/C13H15N3O.C2H6/c1-9-7-15-16-8-10(3-4-11(9)16)13(12(14)17)5-2-6-13;1-2/h3-4,7-8H,2,5-6H2,1H3,(H2,14,17);1-2H3. The first kappa shape index (κ1) is 13.6. The molecule has 0 aromatic carbocycles. The summed E-state index contributed by atoms with van der Waals surface area (Å²) in [6.45, 7) is 6.02. The van der Waals surface area contributed by atoms with Gasteiger partial charge in [-0.2, -0.15) is 5.10 Å². The Morgan fingerprint density at radius 2 is 2.05 bits per heavy atom. The molecule has 2 N–H and O–H groups in total. The van der Waals surface area contributed by atoms with E-state index in [1.807, 2.05) is 49.8 Å². The SMILES string of the molecule is CC.Cc1cnn2cc(C3(C(N)=O)CCC3)ccc12. The van der Waals surface area contributed by atoms with Gasteiger partial charge in [0.05, 0.1) is 17.1 Å². The van der Waals surface area contributed by atoms with Crippen LogP contribution in [-0.4, -0.2) is 15.5 Å². The van der Waals surface area contributed by atoms with E-state index >= 15 is 0 Å². The van der Waals surface area contributed by atoms with Gasteiger partial charge in [-0.05, 0) is 37.0 Å². The molecule has 0 aliphatic heterocycles. The highest BCUT2D eigenvalue weighted by atomic mass is 16.1. The number of hydrogen-bond acceptors (Lipinski definition) is 2. The molecule has 1 aliphatic rings. The summed E-state index contributed by atoms with van der Waals surface area (Å²) < 4.78 is 1.83. The van der Waals surface area contributed by atoms with Crippen LogP contribution in [0.2, 0.25) is 0 Å². The van der Waals surface area contributed by atoms with Gasteiger partial charge in [-0.1, -0.05) is 26.3 Å². The van der Waals surface area contributed by atoms with E-state index in [-0.39, 0.29) is 5.91 Å². The van der Waals surface area contributed by atoms with Crippen molar-refractivity contribution >= 4 is 11.4 Å². The molecule has 3 rings (SSSR count). The average molecular weight is 259 g/mol. The highest BCUT2D eigenvalue weighted by Gasteiger charge is 2.44. The van der Waals surface area contributed by atoms with Gasteiger partial charge in [0.1, 0.15) is 0 Å². The maximum Gasteiger partial charge on any atom is 0.228 e. The highest BCUT2D eigenvalue weighted by molar-refractivity contribution is 5.87. The zero-order chi connectivity index (χ0) is 14.0. The van der Waals surface area contributed by atoms with E-state index in [1.165, 1.54) is 0 Å². The van der Waals surface area contributed by atoms with Gasteiger partial charge in [0.2, 0.25) is 5.91 Å². The topological polar surface area (TPSA) is 60.4 Å². The fourth-order valence-electron chi connectivity index (χ4n) is 2.60. The summed E-state index contributed by atoms with van der Waals surface area (Å²) in [5.41, 5.74) is 8.30. The van der Waals surface area contributed by atoms with Crippen LogP contribution in [0.3, 0.4) is 0 Å². The molecule has 0 saturated heterocycles. The van der Waals surface area contributed by atoms with E-state index in [4.69, 9.17) is 5.73 Å². The number of aryl methyl sites for hydroxylation is 1. The molecule has 0 spiro atoms. The lowest BCUT2D eigenvalue weighted by molar-refractivity contribution is -0.126. The molecule has 4 nitrogen and oxygen atoms in total. The van der Waals surface area contributed by atoms with Gasteiger partial charge < -0.3 is 5.73 Å². The third-order valence-electron chi connectivity index (χ3n) is 3.94. The normalized spacial score (nSPS) is 16.4. The number of primary amides is 1. The quantitative estimate of drug-likeness (QED) is 0.901. The summed E-state index contributed by atoms with van der Waals surface area (Å²) in [7, 11) is 0. The van der Waals surface area contributed by atoms with Crippen molar-refractivity contribution in [1.82, 2.24) is 9.61 Å². The maximum absolute atomic E-state index is 11.6. The zero-order valence-electron chi connectivity index (χ0n) is 11.8. The number of rotatable bonds is 2. The second kappa shape index (κ2) is 5.03. The molecule has 1 amide bonds. The minimum Gasteiger partial charge on any atom is -0.369 e. The van der Waals surface area contributed by atoms with Crippen molar-refractivity contribution in [2.45, 2.75) is 45.4 Å². The van der Waals surface area contributed by atoms with Gasteiger partial charge in [0, 0.05) is 6.20 Å². The highest BCUT2D eigenvalue weighted by Crippen LogP contribution is 2.43. The number of aromatic nitrogens is 2. The molecular weight excluding hydrogens is 238 g/mol. The van der Waals surface area contributed by atoms with E-state index in [0.29, 0.717) is 0 Å². The predicted octanol–water partition coefficient (Wildman–Crippen LogP) is 2.58.